The zero-order valence-electron chi connectivity index (χ0n) is 8.40. The SMILES string of the molecule is Cc1ccccc1C.Oc1ccsc1. The molecule has 0 saturated heterocycles. The molecule has 0 aliphatic heterocycles. The van der Waals surface area contributed by atoms with E-state index in [1.165, 1.54) is 22.5 Å². The Morgan fingerprint density at radius 3 is 1.79 bits per heavy atom. The second-order valence-corrected chi connectivity index (χ2v) is 3.85. The molecule has 0 aliphatic carbocycles. The van der Waals surface area contributed by atoms with Crippen LogP contribution < -0.4 is 0 Å². The van der Waals surface area contributed by atoms with Crippen LogP contribution in [0.3, 0.4) is 0 Å². The quantitative estimate of drug-likeness (QED) is 0.696. The fourth-order valence-electron chi connectivity index (χ4n) is 0.920. The third kappa shape index (κ3) is 3.62. The molecule has 0 spiro atoms. The topological polar surface area (TPSA) is 20.2 Å². The zero-order valence-corrected chi connectivity index (χ0v) is 9.21. The Morgan fingerprint density at radius 2 is 1.57 bits per heavy atom. The van der Waals surface area contributed by atoms with Gasteiger partial charge in [-0.1, -0.05) is 24.3 Å². The maximum absolute atomic E-state index is 8.48. The van der Waals surface area contributed by atoms with Crippen molar-refractivity contribution in [2.45, 2.75) is 13.8 Å². The highest BCUT2D eigenvalue weighted by Crippen LogP contribution is 2.10. The average molecular weight is 206 g/mol. The van der Waals surface area contributed by atoms with E-state index in [-0.39, 0.29) is 0 Å². The first-order valence-electron chi connectivity index (χ1n) is 4.43. The minimum absolute atomic E-state index is 0.361. The lowest BCUT2D eigenvalue weighted by molar-refractivity contribution is 0.478. The molecule has 0 amide bonds. The number of aryl methyl sites for hydroxylation is 2. The molecule has 1 aromatic heterocycles. The molecule has 2 heteroatoms. The molecule has 0 atom stereocenters. The average Bonchev–Trinajstić information content (AvgIpc) is 2.63. The van der Waals surface area contributed by atoms with E-state index in [1.54, 1.807) is 11.4 Å². The maximum atomic E-state index is 8.48. The summed E-state index contributed by atoms with van der Waals surface area (Å²) in [5.74, 6) is 0.361. The number of hydrogen-bond donors (Lipinski definition) is 1. The van der Waals surface area contributed by atoms with E-state index in [1.807, 2.05) is 5.38 Å². The van der Waals surface area contributed by atoms with E-state index in [9.17, 15) is 0 Å². The number of hydrogen-bond acceptors (Lipinski definition) is 2. The van der Waals surface area contributed by atoms with Gasteiger partial charge in [0, 0.05) is 5.38 Å². The summed E-state index contributed by atoms with van der Waals surface area (Å²) >= 11 is 1.49. The second kappa shape index (κ2) is 5.45. The summed E-state index contributed by atoms with van der Waals surface area (Å²) in [4.78, 5) is 0. The van der Waals surface area contributed by atoms with Crippen molar-refractivity contribution in [1.29, 1.82) is 0 Å². The molecule has 2 rings (SSSR count). The highest BCUT2D eigenvalue weighted by atomic mass is 32.1. The number of rotatable bonds is 0. The van der Waals surface area contributed by atoms with Gasteiger partial charge in [-0.05, 0) is 36.4 Å². The van der Waals surface area contributed by atoms with E-state index in [0.717, 1.165) is 0 Å². The van der Waals surface area contributed by atoms with Crippen molar-refractivity contribution in [2.24, 2.45) is 0 Å². The molecule has 1 N–H and O–H groups in total. The van der Waals surface area contributed by atoms with Crippen LogP contribution in [0.1, 0.15) is 11.1 Å². The second-order valence-electron chi connectivity index (χ2n) is 3.07. The number of benzene rings is 1. The summed E-state index contributed by atoms with van der Waals surface area (Å²) in [6, 6.07) is 10.0. The van der Waals surface area contributed by atoms with Crippen LogP contribution in [0.5, 0.6) is 5.75 Å². The summed E-state index contributed by atoms with van der Waals surface area (Å²) in [5, 5.41) is 12.0. The van der Waals surface area contributed by atoms with Gasteiger partial charge in [0.15, 0.2) is 0 Å². The predicted molar refractivity (Wildman–Crippen MR) is 61.9 cm³/mol. The largest absolute Gasteiger partial charge is 0.507 e. The minimum Gasteiger partial charge on any atom is -0.507 e. The van der Waals surface area contributed by atoms with Crippen LogP contribution in [0.25, 0.3) is 0 Å². The van der Waals surface area contributed by atoms with Gasteiger partial charge in [0.05, 0.1) is 0 Å². The number of aromatic hydroxyl groups is 1. The molecule has 1 aromatic carbocycles. The monoisotopic (exact) mass is 206 g/mol. The van der Waals surface area contributed by atoms with Crippen molar-refractivity contribution in [3.8, 4) is 5.75 Å². The lowest BCUT2D eigenvalue weighted by Gasteiger charge is -1.93. The van der Waals surface area contributed by atoms with Gasteiger partial charge < -0.3 is 5.11 Å². The Labute approximate surface area is 88.7 Å². The Balaban J connectivity index is 0.000000146. The normalized spacial score (nSPS) is 9.00. The van der Waals surface area contributed by atoms with Crippen LogP contribution in [0.15, 0.2) is 41.1 Å². The first kappa shape index (κ1) is 10.8. The van der Waals surface area contributed by atoms with Crippen LogP contribution >= 0.6 is 11.3 Å². The van der Waals surface area contributed by atoms with Gasteiger partial charge in [-0.15, -0.1) is 11.3 Å². The summed E-state index contributed by atoms with van der Waals surface area (Å²) in [6.45, 7) is 4.24. The molecular weight excluding hydrogens is 192 g/mol. The molecule has 74 valence electrons. The molecule has 0 saturated carbocycles. The van der Waals surface area contributed by atoms with Crippen molar-refractivity contribution in [2.75, 3.05) is 0 Å². The number of thiophene rings is 1. The third-order valence-electron chi connectivity index (χ3n) is 1.93. The third-order valence-corrected chi connectivity index (χ3v) is 2.60. The molecule has 0 radical (unpaired) electrons. The van der Waals surface area contributed by atoms with Crippen molar-refractivity contribution in [3.05, 3.63) is 52.2 Å². The summed E-state index contributed by atoms with van der Waals surface area (Å²) in [7, 11) is 0. The van der Waals surface area contributed by atoms with Crippen LogP contribution in [0.2, 0.25) is 0 Å². The van der Waals surface area contributed by atoms with E-state index < -0.39 is 0 Å². The van der Waals surface area contributed by atoms with Gasteiger partial charge in [0.2, 0.25) is 0 Å². The first-order valence-corrected chi connectivity index (χ1v) is 5.38. The van der Waals surface area contributed by atoms with Crippen molar-refractivity contribution < 1.29 is 5.11 Å². The molecule has 0 unspecified atom stereocenters. The molecule has 1 nitrogen and oxygen atoms in total. The van der Waals surface area contributed by atoms with Gasteiger partial charge in [-0.25, -0.2) is 0 Å². The van der Waals surface area contributed by atoms with Crippen LogP contribution in [-0.4, -0.2) is 5.11 Å². The van der Waals surface area contributed by atoms with Crippen LogP contribution in [0.4, 0.5) is 0 Å². The molecule has 2 aromatic rings. The molecule has 0 bridgehead atoms. The predicted octanol–water partition coefficient (Wildman–Crippen LogP) is 3.76. The Bertz CT molecular complexity index is 345. The van der Waals surface area contributed by atoms with Crippen LogP contribution in [0, 0.1) is 13.8 Å². The summed E-state index contributed by atoms with van der Waals surface area (Å²) in [5.41, 5.74) is 2.74. The lowest BCUT2D eigenvalue weighted by Crippen LogP contribution is -1.74. The maximum Gasteiger partial charge on any atom is 0.126 e. The zero-order chi connectivity index (χ0) is 10.4. The van der Waals surface area contributed by atoms with Gasteiger partial charge >= 0.3 is 0 Å². The Morgan fingerprint density at radius 1 is 1.00 bits per heavy atom. The van der Waals surface area contributed by atoms with E-state index in [4.69, 9.17) is 5.11 Å². The van der Waals surface area contributed by atoms with Gasteiger partial charge in [0.25, 0.3) is 0 Å². The minimum atomic E-state index is 0.361. The fourth-order valence-corrected chi connectivity index (χ4v) is 1.43. The van der Waals surface area contributed by atoms with Crippen molar-refractivity contribution in [1.82, 2.24) is 0 Å². The molecule has 14 heavy (non-hydrogen) atoms. The highest BCUT2D eigenvalue weighted by molar-refractivity contribution is 7.08. The summed E-state index contributed by atoms with van der Waals surface area (Å²) in [6.07, 6.45) is 0. The molecule has 0 aliphatic rings. The van der Waals surface area contributed by atoms with Crippen LogP contribution in [-0.2, 0) is 0 Å². The van der Waals surface area contributed by atoms with E-state index in [0.29, 0.717) is 5.75 Å². The van der Waals surface area contributed by atoms with Crippen molar-refractivity contribution >= 4 is 11.3 Å². The van der Waals surface area contributed by atoms with Gasteiger partial charge in [-0.2, -0.15) is 0 Å². The highest BCUT2D eigenvalue weighted by Gasteiger charge is 1.83. The first-order chi connectivity index (χ1) is 6.70. The van der Waals surface area contributed by atoms with Gasteiger partial charge in [-0.3, -0.25) is 0 Å². The fraction of sp³-hybridized carbons (Fsp3) is 0.167. The lowest BCUT2D eigenvalue weighted by atomic mass is 10.1. The molecule has 0 fully saturated rings. The summed E-state index contributed by atoms with van der Waals surface area (Å²) < 4.78 is 0. The van der Waals surface area contributed by atoms with E-state index in [2.05, 4.69) is 38.1 Å². The smallest absolute Gasteiger partial charge is 0.126 e. The molecular formula is C12H14OS. The Hall–Kier alpha value is -1.28. The van der Waals surface area contributed by atoms with Crippen molar-refractivity contribution in [3.63, 3.8) is 0 Å². The van der Waals surface area contributed by atoms with Gasteiger partial charge in [0.1, 0.15) is 5.75 Å². The molecule has 1 heterocycles. The standard InChI is InChI=1S/C8H10.C4H4OS/c1-7-5-3-4-6-8(7)2;5-4-1-2-6-3-4/h3-6H,1-2H3;1-3,5H. The Kier molecular flexibility index (Phi) is 4.20. The van der Waals surface area contributed by atoms with E-state index >= 15 is 0 Å².